The highest BCUT2D eigenvalue weighted by molar-refractivity contribution is 8.03. The summed E-state index contributed by atoms with van der Waals surface area (Å²) in [4.78, 5) is 29.4. The summed E-state index contributed by atoms with van der Waals surface area (Å²) in [6, 6.07) is 16.3. The van der Waals surface area contributed by atoms with Crippen molar-refractivity contribution in [2.24, 2.45) is 0 Å². The molecule has 33 heavy (non-hydrogen) atoms. The SMILES string of the molecule is O=C(CSc1nnc(SCC(=O)N2CCCc3ccccc32)s1)N1CCCc2ccccc21. The van der Waals surface area contributed by atoms with Gasteiger partial charge < -0.3 is 9.80 Å². The average Bonchev–Trinajstić information content (AvgIpc) is 3.33. The van der Waals surface area contributed by atoms with Crippen LogP contribution in [0.2, 0.25) is 0 Å². The predicted octanol–water partition coefficient (Wildman–Crippen LogP) is 4.68. The molecule has 170 valence electrons. The van der Waals surface area contributed by atoms with Gasteiger partial charge in [-0.3, -0.25) is 9.59 Å². The smallest absolute Gasteiger partial charge is 0.237 e. The number of aromatic nitrogens is 2. The number of aryl methyl sites for hydroxylation is 2. The number of fused-ring (bicyclic) bond motifs is 2. The van der Waals surface area contributed by atoms with Crippen LogP contribution in [0, 0.1) is 0 Å². The Kier molecular flexibility index (Phi) is 6.99. The van der Waals surface area contributed by atoms with E-state index in [0.29, 0.717) is 11.5 Å². The van der Waals surface area contributed by atoms with Crippen molar-refractivity contribution in [3.05, 3.63) is 59.7 Å². The Morgan fingerprint density at radius 2 is 1.21 bits per heavy atom. The summed E-state index contributed by atoms with van der Waals surface area (Å²) in [5, 5.41) is 8.44. The number of nitrogens with zero attached hydrogens (tertiary/aromatic N) is 4. The summed E-state index contributed by atoms with van der Waals surface area (Å²) in [6.07, 6.45) is 4.02. The van der Waals surface area contributed by atoms with Crippen LogP contribution in [0.4, 0.5) is 11.4 Å². The van der Waals surface area contributed by atoms with Crippen molar-refractivity contribution >= 4 is 58.0 Å². The van der Waals surface area contributed by atoms with Gasteiger partial charge in [-0.05, 0) is 48.9 Å². The predicted molar refractivity (Wildman–Crippen MR) is 136 cm³/mol. The van der Waals surface area contributed by atoms with Gasteiger partial charge >= 0.3 is 0 Å². The van der Waals surface area contributed by atoms with Crippen LogP contribution in [0.3, 0.4) is 0 Å². The van der Waals surface area contributed by atoms with Crippen LogP contribution in [-0.2, 0) is 22.4 Å². The number of anilines is 2. The van der Waals surface area contributed by atoms with Crippen molar-refractivity contribution in [3.63, 3.8) is 0 Å². The van der Waals surface area contributed by atoms with Crippen LogP contribution in [0.5, 0.6) is 0 Å². The highest BCUT2D eigenvalue weighted by Gasteiger charge is 2.24. The number of carbonyl (C=O) groups is 2. The molecule has 2 amide bonds. The standard InChI is InChI=1S/C24H24N4O2S3/c29-21(27-13-5-9-17-7-1-3-11-19(17)27)15-31-23-25-26-24(33-23)32-16-22(30)28-14-6-10-18-8-2-4-12-20(18)28/h1-4,7-8,11-12H,5-6,9-10,13-16H2. The van der Waals surface area contributed by atoms with Crippen molar-refractivity contribution in [1.82, 2.24) is 10.2 Å². The molecule has 3 aromatic rings. The molecule has 6 nitrogen and oxygen atoms in total. The number of carbonyl (C=O) groups excluding carboxylic acids is 2. The second kappa shape index (κ2) is 10.3. The molecule has 0 saturated heterocycles. The minimum atomic E-state index is 0.0931. The topological polar surface area (TPSA) is 66.4 Å². The molecule has 3 heterocycles. The lowest BCUT2D eigenvalue weighted by Gasteiger charge is -2.29. The van der Waals surface area contributed by atoms with Crippen LogP contribution in [0.1, 0.15) is 24.0 Å². The van der Waals surface area contributed by atoms with Crippen molar-refractivity contribution in [1.29, 1.82) is 0 Å². The Labute approximate surface area is 205 Å². The largest absolute Gasteiger partial charge is 0.311 e. The van der Waals surface area contributed by atoms with Gasteiger partial charge in [-0.15, -0.1) is 10.2 Å². The minimum absolute atomic E-state index is 0.0931. The molecule has 0 fully saturated rings. The van der Waals surface area contributed by atoms with Gasteiger partial charge in [-0.2, -0.15) is 0 Å². The summed E-state index contributed by atoms with van der Waals surface area (Å²) in [6.45, 7) is 1.52. The third-order valence-corrected chi connectivity index (χ3v) is 9.01. The van der Waals surface area contributed by atoms with E-state index in [1.54, 1.807) is 0 Å². The second-order valence-electron chi connectivity index (χ2n) is 7.97. The minimum Gasteiger partial charge on any atom is -0.311 e. The van der Waals surface area contributed by atoms with Gasteiger partial charge in [-0.25, -0.2) is 0 Å². The van der Waals surface area contributed by atoms with Crippen molar-refractivity contribution < 1.29 is 9.59 Å². The number of hydrogen-bond acceptors (Lipinski definition) is 7. The first-order valence-electron chi connectivity index (χ1n) is 11.0. The van der Waals surface area contributed by atoms with Gasteiger partial charge in [0.25, 0.3) is 0 Å². The quantitative estimate of drug-likeness (QED) is 0.462. The number of para-hydroxylation sites is 2. The molecule has 0 N–H and O–H groups in total. The molecule has 0 radical (unpaired) electrons. The highest BCUT2D eigenvalue weighted by atomic mass is 32.2. The maximum Gasteiger partial charge on any atom is 0.237 e. The molecule has 5 rings (SSSR count). The molecule has 2 aliphatic rings. The monoisotopic (exact) mass is 496 g/mol. The van der Waals surface area contributed by atoms with Gasteiger partial charge in [0, 0.05) is 24.5 Å². The van der Waals surface area contributed by atoms with Gasteiger partial charge in [-0.1, -0.05) is 71.3 Å². The number of benzene rings is 2. The fraction of sp³-hybridized carbons (Fsp3) is 0.333. The number of hydrogen-bond donors (Lipinski definition) is 0. The summed E-state index contributed by atoms with van der Waals surface area (Å²) in [7, 11) is 0. The van der Waals surface area contributed by atoms with E-state index in [1.165, 1.54) is 46.0 Å². The maximum absolute atomic E-state index is 12.8. The molecule has 2 aliphatic heterocycles. The Morgan fingerprint density at radius 3 is 1.70 bits per heavy atom. The Balaban J connectivity index is 1.14. The Morgan fingerprint density at radius 1 is 0.758 bits per heavy atom. The zero-order valence-electron chi connectivity index (χ0n) is 18.1. The average molecular weight is 497 g/mol. The molecular weight excluding hydrogens is 472 g/mol. The van der Waals surface area contributed by atoms with E-state index in [4.69, 9.17) is 0 Å². The molecule has 0 saturated carbocycles. The van der Waals surface area contributed by atoms with Gasteiger partial charge in [0.05, 0.1) is 11.5 Å². The van der Waals surface area contributed by atoms with Crippen LogP contribution in [0.25, 0.3) is 0 Å². The fourth-order valence-corrected chi connectivity index (χ4v) is 7.07. The van der Waals surface area contributed by atoms with E-state index in [9.17, 15) is 9.59 Å². The van der Waals surface area contributed by atoms with Crippen molar-refractivity contribution in [2.45, 2.75) is 34.4 Å². The summed E-state index contributed by atoms with van der Waals surface area (Å²) >= 11 is 4.28. The molecule has 0 bridgehead atoms. The lowest BCUT2D eigenvalue weighted by Crippen LogP contribution is -2.36. The first kappa shape index (κ1) is 22.4. The number of rotatable bonds is 6. The van der Waals surface area contributed by atoms with E-state index >= 15 is 0 Å². The lowest BCUT2D eigenvalue weighted by molar-refractivity contribution is -0.117. The normalized spacial score (nSPS) is 15.2. The molecule has 9 heteroatoms. The zero-order chi connectivity index (χ0) is 22.6. The number of thioether (sulfide) groups is 2. The summed E-state index contributed by atoms with van der Waals surface area (Å²) in [5.41, 5.74) is 4.52. The first-order valence-corrected chi connectivity index (χ1v) is 13.8. The summed E-state index contributed by atoms with van der Waals surface area (Å²) in [5.74, 6) is 0.847. The Hall–Kier alpha value is -2.36. The van der Waals surface area contributed by atoms with E-state index in [0.717, 1.165) is 58.8 Å². The van der Waals surface area contributed by atoms with E-state index in [-0.39, 0.29) is 11.8 Å². The molecule has 2 aromatic carbocycles. The van der Waals surface area contributed by atoms with E-state index in [1.807, 2.05) is 46.2 Å². The van der Waals surface area contributed by atoms with Gasteiger partial charge in [0.2, 0.25) is 11.8 Å². The third kappa shape index (κ3) is 5.10. The van der Waals surface area contributed by atoms with Crippen LogP contribution >= 0.6 is 34.9 Å². The second-order valence-corrected chi connectivity index (χ2v) is 11.4. The molecule has 0 aliphatic carbocycles. The molecule has 1 aromatic heterocycles. The van der Waals surface area contributed by atoms with E-state index in [2.05, 4.69) is 22.3 Å². The molecule has 0 spiro atoms. The lowest BCUT2D eigenvalue weighted by atomic mass is 10.0. The summed E-state index contributed by atoms with van der Waals surface area (Å²) < 4.78 is 1.51. The van der Waals surface area contributed by atoms with Gasteiger partial charge in [0.15, 0.2) is 8.68 Å². The maximum atomic E-state index is 12.8. The van der Waals surface area contributed by atoms with Crippen molar-refractivity contribution in [3.8, 4) is 0 Å². The van der Waals surface area contributed by atoms with Crippen LogP contribution in [-0.4, -0.2) is 46.6 Å². The molecular formula is C24H24N4O2S3. The van der Waals surface area contributed by atoms with Crippen LogP contribution < -0.4 is 9.80 Å². The highest BCUT2D eigenvalue weighted by Crippen LogP contribution is 2.32. The molecule has 0 atom stereocenters. The van der Waals surface area contributed by atoms with Gasteiger partial charge in [0.1, 0.15) is 0 Å². The Bertz CT molecular complexity index is 1080. The number of amides is 2. The fourth-order valence-electron chi connectivity index (χ4n) is 4.30. The first-order chi connectivity index (χ1) is 16.2. The molecule has 0 unspecified atom stereocenters. The third-order valence-electron chi connectivity index (χ3n) is 5.85. The van der Waals surface area contributed by atoms with Crippen molar-refractivity contribution in [2.75, 3.05) is 34.4 Å². The van der Waals surface area contributed by atoms with E-state index < -0.39 is 0 Å². The zero-order valence-corrected chi connectivity index (χ0v) is 20.6. The van der Waals surface area contributed by atoms with Crippen LogP contribution in [0.15, 0.2) is 57.2 Å².